The molecule has 0 spiro atoms. The first-order chi connectivity index (χ1) is 40.5. The summed E-state index contributed by atoms with van der Waals surface area (Å²) in [5, 5.41) is 0. The Hall–Kier alpha value is -2.63. The van der Waals surface area contributed by atoms with E-state index in [0.717, 1.165) is 96.3 Å². The number of hydrogen-bond donors (Lipinski definition) is 0. The lowest BCUT2D eigenvalue weighted by atomic mass is 10.0. The van der Waals surface area contributed by atoms with Gasteiger partial charge in [-0.25, -0.2) is 0 Å². The van der Waals surface area contributed by atoms with E-state index in [1.54, 1.807) is 0 Å². The second kappa shape index (κ2) is 70.9. The molecule has 0 rings (SSSR count). The summed E-state index contributed by atoms with van der Waals surface area (Å²) in [6.07, 6.45) is 90.2. The van der Waals surface area contributed by atoms with Crippen LogP contribution in [0.25, 0.3) is 0 Å². The van der Waals surface area contributed by atoms with Gasteiger partial charge in [0.15, 0.2) is 6.10 Å². The lowest BCUT2D eigenvalue weighted by molar-refractivity contribution is -0.167. The number of unbranched alkanes of at least 4 members (excludes halogenated alkanes) is 49. The predicted octanol–water partition coefficient (Wildman–Crippen LogP) is 25.3. The molecule has 0 N–H and O–H groups in total. The third-order valence-electron chi connectivity index (χ3n) is 16.6. The predicted molar refractivity (Wildman–Crippen MR) is 358 cm³/mol. The van der Waals surface area contributed by atoms with Crippen LogP contribution >= 0.6 is 0 Å². The van der Waals surface area contributed by atoms with Crippen LogP contribution in [0.4, 0.5) is 0 Å². The second-order valence-electron chi connectivity index (χ2n) is 24.8. The van der Waals surface area contributed by atoms with E-state index in [9.17, 15) is 14.4 Å². The highest BCUT2D eigenvalue weighted by atomic mass is 16.6. The Morgan fingerprint density at radius 1 is 0.256 bits per heavy atom. The van der Waals surface area contributed by atoms with Crippen molar-refractivity contribution in [3.8, 4) is 0 Å². The van der Waals surface area contributed by atoms with Crippen LogP contribution in [0.2, 0.25) is 0 Å². The molecule has 0 bridgehead atoms. The van der Waals surface area contributed by atoms with Crippen LogP contribution in [0.1, 0.15) is 400 Å². The summed E-state index contributed by atoms with van der Waals surface area (Å²) in [7, 11) is 0. The molecule has 1 atom stereocenters. The smallest absolute Gasteiger partial charge is 0.306 e. The standard InChI is InChI=1S/C76H140O6/c1-4-7-10-13-16-19-22-25-28-30-32-33-34-35-36-37-38-39-40-41-42-43-45-46-48-51-54-57-60-63-66-69-75(78)81-72-73(71-80-74(77)68-65-62-59-56-53-50-27-24-21-18-15-12-9-6-3)82-76(79)70-67-64-61-58-55-52-49-47-44-31-29-26-23-20-17-14-11-8-5-2/h8,11,17,20,26,29,44,47,73H,4-7,9-10,12-16,18-19,21-25,27-28,30-43,45-46,48-72H2,1-3H3/b11-8-,20-17-,29-26-,47-44-. The molecule has 0 aromatic heterocycles. The number of esters is 3. The summed E-state index contributed by atoms with van der Waals surface area (Å²) < 4.78 is 17.0. The molecule has 0 heterocycles. The van der Waals surface area contributed by atoms with Crippen LogP contribution in [0.5, 0.6) is 0 Å². The Kier molecular flexibility index (Phi) is 68.6. The van der Waals surface area contributed by atoms with Crippen LogP contribution in [0, 0.1) is 0 Å². The molecular weight excluding hydrogens is 1010 g/mol. The normalized spacial score (nSPS) is 12.3. The number of ether oxygens (including phenoxy) is 3. The maximum atomic E-state index is 12.9. The van der Waals surface area contributed by atoms with Crippen LogP contribution in [0.3, 0.4) is 0 Å². The fourth-order valence-corrected chi connectivity index (χ4v) is 11.1. The average molecular weight is 1150 g/mol. The Morgan fingerprint density at radius 2 is 0.476 bits per heavy atom. The summed E-state index contributed by atoms with van der Waals surface area (Å²) in [5.74, 6) is -0.860. The lowest BCUT2D eigenvalue weighted by Crippen LogP contribution is -2.30. The van der Waals surface area contributed by atoms with Gasteiger partial charge in [-0.1, -0.05) is 371 Å². The highest BCUT2D eigenvalue weighted by Crippen LogP contribution is 2.19. The minimum absolute atomic E-state index is 0.0738. The zero-order valence-corrected chi connectivity index (χ0v) is 55.3. The van der Waals surface area contributed by atoms with Gasteiger partial charge in [-0.3, -0.25) is 14.4 Å². The van der Waals surface area contributed by atoms with Gasteiger partial charge in [0.1, 0.15) is 13.2 Å². The molecule has 0 radical (unpaired) electrons. The molecule has 0 aromatic carbocycles. The van der Waals surface area contributed by atoms with E-state index >= 15 is 0 Å². The van der Waals surface area contributed by atoms with Crippen LogP contribution < -0.4 is 0 Å². The Bertz CT molecular complexity index is 1410. The Morgan fingerprint density at radius 3 is 0.744 bits per heavy atom. The molecule has 6 heteroatoms. The van der Waals surface area contributed by atoms with Crippen LogP contribution in [0.15, 0.2) is 48.6 Å². The van der Waals surface area contributed by atoms with Crippen molar-refractivity contribution in [3.63, 3.8) is 0 Å². The van der Waals surface area contributed by atoms with E-state index in [4.69, 9.17) is 14.2 Å². The minimum atomic E-state index is -0.779. The molecule has 6 nitrogen and oxygen atoms in total. The maximum absolute atomic E-state index is 12.9. The topological polar surface area (TPSA) is 78.9 Å². The number of carbonyl (C=O) groups is 3. The zero-order valence-electron chi connectivity index (χ0n) is 55.3. The molecule has 0 aliphatic heterocycles. The van der Waals surface area contributed by atoms with E-state index in [1.165, 1.54) is 263 Å². The van der Waals surface area contributed by atoms with Crippen molar-refractivity contribution in [1.29, 1.82) is 0 Å². The molecule has 0 saturated carbocycles. The molecule has 0 fully saturated rings. The second-order valence-corrected chi connectivity index (χ2v) is 24.8. The van der Waals surface area contributed by atoms with Gasteiger partial charge in [-0.05, 0) is 57.8 Å². The van der Waals surface area contributed by atoms with Gasteiger partial charge < -0.3 is 14.2 Å². The molecule has 1 unspecified atom stereocenters. The fourth-order valence-electron chi connectivity index (χ4n) is 11.1. The summed E-state index contributed by atoms with van der Waals surface area (Å²) in [4.78, 5) is 38.4. The van der Waals surface area contributed by atoms with Gasteiger partial charge in [-0.15, -0.1) is 0 Å². The van der Waals surface area contributed by atoms with Crippen molar-refractivity contribution in [2.75, 3.05) is 13.2 Å². The monoisotopic (exact) mass is 1150 g/mol. The highest BCUT2D eigenvalue weighted by molar-refractivity contribution is 5.71. The largest absolute Gasteiger partial charge is 0.462 e. The minimum Gasteiger partial charge on any atom is -0.462 e. The van der Waals surface area contributed by atoms with Crippen molar-refractivity contribution in [2.24, 2.45) is 0 Å². The fraction of sp³-hybridized carbons (Fsp3) is 0.855. The first kappa shape index (κ1) is 79.4. The van der Waals surface area contributed by atoms with Crippen molar-refractivity contribution in [3.05, 3.63) is 48.6 Å². The SMILES string of the molecule is CC/C=C\C/C=C\C/C=C\C/C=C\CCCCCCCCC(=O)OC(COC(=O)CCCCCCCCCCCCCCCC)COC(=O)CCCCCCCCCCCCCCCCCCCCCCCCCCCCCCCCC. The number of carbonyl (C=O) groups excluding carboxylic acids is 3. The van der Waals surface area contributed by atoms with Gasteiger partial charge in [0.05, 0.1) is 0 Å². The van der Waals surface area contributed by atoms with E-state index in [0.29, 0.717) is 19.3 Å². The zero-order chi connectivity index (χ0) is 59.2. The summed E-state index contributed by atoms with van der Waals surface area (Å²) >= 11 is 0. The van der Waals surface area contributed by atoms with Gasteiger partial charge >= 0.3 is 17.9 Å². The van der Waals surface area contributed by atoms with Gasteiger partial charge in [0.25, 0.3) is 0 Å². The molecular formula is C76H140O6. The summed E-state index contributed by atoms with van der Waals surface area (Å²) in [6.45, 7) is 6.59. The van der Waals surface area contributed by atoms with Gasteiger partial charge in [-0.2, -0.15) is 0 Å². The Labute approximate surface area is 511 Å². The maximum Gasteiger partial charge on any atom is 0.306 e. The summed E-state index contributed by atoms with van der Waals surface area (Å²) in [5.41, 5.74) is 0. The molecule has 0 aliphatic carbocycles. The molecule has 480 valence electrons. The van der Waals surface area contributed by atoms with E-state index in [1.807, 2.05) is 0 Å². The number of rotatable bonds is 68. The number of allylic oxidation sites excluding steroid dienone is 8. The average Bonchev–Trinajstić information content (AvgIpc) is 3.47. The quantitative estimate of drug-likeness (QED) is 0.0261. The third-order valence-corrected chi connectivity index (χ3v) is 16.6. The van der Waals surface area contributed by atoms with Crippen LogP contribution in [-0.2, 0) is 28.6 Å². The van der Waals surface area contributed by atoms with Crippen molar-refractivity contribution in [1.82, 2.24) is 0 Å². The van der Waals surface area contributed by atoms with E-state index in [2.05, 4.69) is 69.4 Å². The van der Waals surface area contributed by atoms with Gasteiger partial charge in [0.2, 0.25) is 0 Å². The van der Waals surface area contributed by atoms with Crippen molar-refractivity contribution >= 4 is 17.9 Å². The molecule has 0 aliphatic rings. The van der Waals surface area contributed by atoms with E-state index < -0.39 is 6.10 Å². The molecule has 0 aromatic rings. The molecule has 82 heavy (non-hydrogen) atoms. The number of hydrogen-bond acceptors (Lipinski definition) is 6. The van der Waals surface area contributed by atoms with E-state index in [-0.39, 0.29) is 31.1 Å². The molecule has 0 saturated heterocycles. The van der Waals surface area contributed by atoms with Crippen molar-refractivity contribution in [2.45, 2.75) is 406 Å². The first-order valence-corrected chi connectivity index (χ1v) is 36.6. The van der Waals surface area contributed by atoms with Crippen molar-refractivity contribution < 1.29 is 28.6 Å². The Balaban J connectivity index is 4.17. The van der Waals surface area contributed by atoms with Crippen LogP contribution in [-0.4, -0.2) is 37.2 Å². The highest BCUT2D eigenvalue weighted by Gasteiger charge is 2.19. The first-order valence-electron chi connectivity index (χ1n) is 36.6. The molecule has 0 amide bonds. The summed E-state index contributed by atoms with van der Waals surface area (Å²) in [6, 6.07) is 0. The third kappa shape index (κ3) is 68.2. The van der Waals surface area contributed by atoms with Gasteiger partial charge in [0, 0.05) is 19.3 Å². The lowest BCUT2D eigenvalue weighted by Gasteiger charge is -2.18.